The van der Waals surface area contributed by atoms with E-state index in [0.29, 0.717) is 46.3 Å². The zero-order valence-electron chi connectivity index (χ0n) is 44.0. The Bertz CT molecular complexity index is 4280. The van der Waals surface area contributed by atoms with Crippen LogP contribution in [0, 0.1) is 6.57 Å². The maximum atomic E-state index is 7.95. The Hall–Kier alpha value is -11.5. The van der Waals surface area contributed by atoms with Crippen molar-refractivity contribution >= 4 is 39.9 Å². The fraction of sp³-hybridized carbons (Fsp3) is 0. The molecule has 13 aromatic rings. The zero-order valence-corrected chi connectivity index (χ0v) is 44.0. The number of anilines is 6. The molecule has 0 saturated carbocycles. The summed E-state index contributed by atoms with van der Waals surface area (Å²) >= 11 is 0. The van der Waals surface area contributed by atoms with Gasteiger partial charge in [0.25, 0.3) is 0 Å². The van der Waals surface area contributed by atoms with E-state index in [1.165, 1.54) is 0 Å². The van der Waals surface area contributed by atoms with Crippen LogP contribution in [0.3, 0.4) is 0 Å². The van der Waals surface area contributed by atoms with Gasteiger partial charge in [-0.05, 0) is 53.6 Å². The Morgan fingerprint density at radius 2 is 0.610 bits per heavy atom. The fourth-order valence-corrected chi connectivity index (χ4v) is 10.6. The monoisotopic (exact) mass is 1050 g/mol. The molecule has 0 unspecified atom stereocenters. The van der Waals surface area contributed by atoms with Gasteiger partial charge < -0.3 is 4.90 Å². The molecule has 4 heterocycles. The summed E-state index contributed by atoms with van der Waals surface area (Å²) in [7, 11) is 0. The number of benzene rings is 10. The molecule has 82 heavy (non-hydrogen) atoms. The topological polar surface area (TPSA) is 101 Å². The van der Waals surface area contributed by atoms with Crippen LogP contribution in [-0.2, 0) is 0 Å². The Labute approximate surface area is 474 Å². The van der Waals surface area contributed by atoms with Gasteiger partial charge in [0.1, 0.15) is 5.82 Å². The molecule has 0 radical (unpaired) electrons. The number of hydrogen-bond donors (Lipinski definition) is 0. The quantitative estimate of drug-likeness (QED) is 0.117. The highest BCUT2D eigenvalue weighted by atomic mass is 15.3. The summed E-state index contributed by atoms with van der Waals surface area (Å²) in [6.45, 7) is 7.95. The number of nitrogens with zero attached hydrogens (tertiary/aromatic N) is 10. The SMILES string of the molecule is [C-]#[N+]c1ccc(-c2cc(N3c4ccccc4N(c4cc(-c5ccccc5)nc(-c5ccccc5)n4)c4ccccc43)c(-c3cc(-c4ccccc4)nc(-c4ccccc4)n3)cc2-c2nc(-c3ccccc3)nc(-c3ccccc3)n2)cc1. The maximum Gasteiger partial charge on any atom is 0.187 e. The van der Waals surface area contributed by atoms with Crippen molar-refractivity contribution in [3.05, 3.63) is 290 Å². The first-order valence-electron chi connectivity index (χ1n) is 26.9. The zero-order chi connectivity index (χ0) is 54.8. The number of rotatable bonds is 11. The van der Waals surface area contributed by atoms with Crippen LogP contribution in [-0.4, -0.2) is 34.9 Å². The smallest absolute Gasteiger partial charge is 0.187 e. The lowest BCUT2D eigenvalue weighted by Crippen LogP contribution is -2.25. The van der Waals surface area contributed by atoms with Gasteiger partial charge in [-0.15, -0.1) is 0 Å². The molecule has 0 aliphatic carbocycles. The van der Waals surface area contributed by atoms with Crippen LogP contribution in [0.2, 0.25) is 0 Å². The number of para-hydroxylation sites is 4. The normalized spacial score (nSPS) is 11.6. The molecule has 10 aromatic carbocycles. The Morgan fingerprint density at radius 3 is 1.06 bits per heavy atom. The Morgan fingerprint density at radius 1 is 0.244 bits per heavy atom. The van der Waals surface area contributed by atoms with Gasteiger partial charge in [-0.25, -0.2) is 39.7 Å². The summed E-state index contributed by atoms with van der Waals surface area (Å²) in [5, 5.41) is 0. The van der Waals surface area contributed by atoms with Crippen LogP contribution in [0.5, 0.6) is 0 Å². The van der Waals surface area contributed by atoms with Crippen LogP contribution >= 0.6 is 0 Å². The van der Waals surface area contributed by atoms with Gasteiger partial charge in [-0.2, -0.15) is 0 Å². The first-order valence-corrected chi connectivity index (χ1v) is 26.9. The highest BCUT2D eigenvalue weighted by Crippen LogP contribution is 2.57. The third-order valence-corrected chi connectivity index (χ3v) is 14.5. The molecular formula is C72H46N10. The summed E-state index contributed by atoms with van der Waals surface area (Å²) in [5.74, 6) is 3.40. The molecule has 1 aliphatic heterocycles. The van der Waals surface area contributed by atoms with Crippen molar-refractivity contribution in [3.63, 3.8) is 0 Å². The van der Waals surface area contributed by atoms with E-state index in [2.05, 4.69) is 112 Å². The van der Waals surface area contributed by atoms with E-state index in [-0.39, 0.29) is 0 Å². The minimum Gasteiger partial charge on any atom is -0.306 e. The van der Waals surface area contributed by atoms with Crippen molar-refractivity contribution in [2.24, 2.45) is 0 Å². The highest BCUT2D eigenvalue weighted by Gasteiger charge is 2.34. The average Bonchev–Trinajstić information content (AvgIpc) is 2.46. The van der Waals surface area contributed by atoms with Gasteiger partial charge in [-0.1, -0.05) is 231 Å². The minimum absolute atomic E-state index is 0.461. The Balaban J connectivity index is 1.07. The molecule has 0 amide bonds. The summed E-state index contributed by atoms with van der Waals surface area (Å²) in [6, 6.07) is 94.0. The van der Waals surface area contributed by atoms with Crippen molar-refractivity contribution in [2.45, 2.75) is 0 Å². The van der Waals surface area contributed by atoms with Gasteiger partial charge in [0.2, 0.25) is 0 Å². The number of fused-ring (bicyclic) bond motifs is 2. The summed E-state index contributed by atoms with van der Waals surface area (Å²) in [5.41, 5.74) is 15.7. The summed E-state index contributed by atoms with van der Waals surface area (Å²) < 4.78 is 0. The van der Waals surface area contributed by atoms with E-state index >= 15 is 0 Å². The first kappa shape index (κ1) is 48.8. The predicted molar refractivity (Wildman–Crippen MR) is 329 cm³/mol. The average molecular weight is 1050 g/mol. The van der Waals surface area contributed by atoms with E-state index in [4.69, 9.17) is 41.5 Å². The molecule has 10 nitrogen and oxygen atoms in total. The van der Waals surface area contributed by atoms with E-state index in [1.807, 2.05) is 182 Å². The standard InChI is InChI=1S/C72H46N10/c1-73-55-42-40-48(41-43-55)56-45-66(81-62-36-20-22-38-64(62)82(65-39-23-21-37-63(65)81)67-47-60(50-26-10-3-11-27-50)75-69(77-67)52-30-14-5-15-31-52)58(61-46-59(49-24-8-2-9-25-49)74-68(76-61)51-28-12-4-13-29-51)44-57(56)72-79-70(53-32-16-6-17-33-53)78-71(80-72)54-34-18-7-19-35-54/h2-47H. The second-order valence-electron chi connectivity index (χ2n) is 19.6. The molecule has 14 rings (SSSR count). The molecule has 10 heteroatoms. The third-order valence-electron chi connectivity index (χ3n) is 14.5. The predicted octanol–water partition coefficient (Wildman–Crippen LogP) is 18.3. The van der Waals surface area contributed by atoms with Crippen LogP contribution in [0.25, 0.3) is 107 Å². The molecule has 0 bridgehead atoms. The molecule has 0 saturated heterocycles. The minimum atomic E-state index is 0.461. The molecule has 1 aliphatic rings. The van der Waals surface area contributed by atoms with Crippen molar-refractivity contribution < 1.29 is 0 Å². The second-order valence-corrected chi connectivity index (χ2v) is 19.6. The summed E-state index contributed by atoms with van der Waals surface area (Å²) in [6.07, 6.45) is 0. The van der Waals surface area contributed by atoms with Gasteiger partial charge in [-0.3, -0.25) is 4.90 Å². The molecule has 384 valence electrons. The van der Waals surface area contributed by atoms with Gasteiger partial charge in [0.05, 0.1) is 52.1 Å². The van der Waals surface area contributed by atoms with E-state index in [1.54, 1.807) is 0 Å². The lowest BCUT2D eigenvalue weighted by Gasteiger charge is -2.40. The van der Waals surface area contributed by atoms with Crippen LogP contribution in [0.1, 0.15) is 0 Å². The molecule has 0 spiro atoms. The highest BCUT2D eigenvalue weighted by molar-refractivity contribution is 6.05. The van der Waals surface area contributed by atoms with Gasteiger partial charge in [0.15, 0.2) is 34.8 Å². The van der Waals surface area contributed by atoms with Crippen molar-refractivity contribution in [2.75, 3.05) is 9.80 Å². The van der Waals surface area contributed by atoms with Crippen molar-refractivity contribution in [1.82, 2.24) is 34.9 Å². The largest absolute Gasteiger partial charge is 0.306 e. The fourth-order valence-electron chi connectivity index (χ4n) is 10.6. The number of hydrogen-bond acceptors (Lipinski definition) is 9. The van der Waals surface area contributed by atoms with E-state index in [0.717, 1.165) is 95.5 Å². The summed E-state index contributed by atoms with van der Waals surface area (Å²) in [4.78, 5) is 45.6. The van der Waals surface area contributed by atoms with Crippen LogP contribution in [0.4, 0.5) is 39.9 Å². The maximum absolute atomic E-state index is 7.95. The Kier molecular flexibility index (Phi) is 12.7. The third kappa shape index (κ3) is 9.36. The van der Waals surface area contributed by atoms with E-state index < -0.39 is 0 Å². The van der Waals surface area contributed by atoms with Gasteiger partial charge >= 0.3 is 0 Å². The van der Waals surface area contributed by atoms with E-state index in [9.17, 15) is 0 Å². The van der Waals surface area contributed by atoms with Crippen LogP contribution in [0.15, 0.2) is 279 Å². The lowest BCUT2D eigenvalue weighted by atomic mass is 9.92. The van der Waals surface area contributed by atoms with Gasteiger partial charge in [0, 0.05) is 50.6 Å². The van der Waals surface area contributed by atoms with Crippen molar-refractivity contribution in [3.8, 4) is 102 Å². The molecule has 0 N–H and O–H groups in total. The van der Waals surface area contributed by atoms with Crippen molar-refractivity contribution in [1.29, 1.82) is 0 Å². The molecular weight excluding hydrogens is 1000 g/mol. The molecule has 3 aromatic heterocycles. The van der Waals surface area contributed by atoms with Crippen LogP contribution < -0.4 is 9.80 Å². The molecule has 0 fully saturated rings. The second kappa shape index (κ2) is 21.4. The molecule has 0 atom stereocenters. The number of aromatic nitrogens is 7. The first-order chi connectivity index (χ1) is 40.6. The lowest BCUT2D eigenvalue weighted by molar-refractivity contribution is 1.07.